The van der Waals surface area contributed by atoms with Gasteiger partial charge in [0.1, 0.15) is 4.88 Å². The van der Waals surface area contributed by atoms with Crippen LogP contribution in [-0.2, 0) is 6.54 Å². The summed E-state index contributed by atoms with van der Waals surface area (Å²) in [5.74, 6) is 0.525. The third-order valence-corrected chi connectivity index (χ3v) is 3.28. The molecule has 0 saturated carbocycles. The lowest BCUT2D eigenvalue weighted by molar-refractivity contribution is 0.0950. The first-order valence-electron chi connectivity index (χ1n) is 5.20. The largest absolute Gasteiger partial charge is 0.359 e. The van der Waals surface area contributed by atoms with Crippen molar-refractivity contribution in [2.75, 3.05) is 0 Å². The Balaban J connectivity index is 2.00. The van der Waals surface area contributed by atoms with E-state index in [-0.39, 0.29) is 5.91 Å². The molecule has 1 amide bonds. The second-order valence-corrected chi connectivity index (χ2v) is 4.97. The van der Waals surface area contributed by atoms with Crippen LogP contribution in [0, 0.1) is 20.8 Å². The van der Waals surface area contributed by atoms with Crippen LogP contribution in [0.4, 0.5) is 0 Å². The van der Waals surface area contributed by atoms with Crippen molar-refractivity contribution in [1.82, 2.24) is 15.5 Å². The molecule has 0 saturated heterocycles. The Morgan fingerprint density at radius 2 is 2.24 bits per heavy atom. The van der Waals surface area contributed by atoms with Gasteiger partial charge in [0.15, 0.2) is 5.76 Å². The van der Waals surface area contributed by atoms with Gasteiger partial charge < -0.3 is 9.84 Å². The zero-order chi connectivity index (χ0) is 12.4. The normalized spacial score (nSPS) is 10.5. The molecule has 0 aromatic carbocycles. The molecule has 2 rings (SSSR count). The fraction of sp³-hybridized carbons (Fsp3) is 0.364. The molecule has 0 spiro atoms. The molecule has 5 nitrogen and oxygen atoms in total. The zero-order valence-electron chi connectivity index (χ0n) is 9.90. The summed E-state index contributed by atoms with van der Waals surface area (Å²) in [5.41, 5.74) is 1.57. The van der Waals surface area contributed by atoms with Crippen molar-refractivity contribution in [2.24, 2.45) is 0 Å². The second-order valence-electron chi connectivity index (χ2n) is 3.76. The first kappa shape index (κ1) is 11.8. The standard InChI is InChI=1S/C11H13N3O2S/c1-6-4-9(16-14-6)5-12-11(15)10-7(2)13-8(3)17-10/h4H,5H2,1-3H3,(H,12,15). The Bertz CT molecular complexity index is 545. The van der Waals surface area contributed by atoms with Gasteiger partial charge in [0, 0.05) is 6.07 Å². The van der Waals surface area contributed by atoms with Crippen LogP contribution in [0.2, 0.25) is 0 Å². The minimum absolute atomic E-state index is 0.123. The van der Waals surface area contributed by atoms with Gasteiger partial charge in [-0.3, -0.25) is 4.79 Å². The van der Waals surface area contributed by atoms with Crippen LogP contribution in [-0.4, -0.2) is 16.0 Å². The molecular weight excluding hydrogens is 238 g/mol. The molecule has 2 aromatic heterocycles. The molecule has 0 radical (unpaired) electrons. The zero-order valence-corrected chi connectivity index (χ0v) is 10.7. The number of rotatable bonds is 3. The van der Waals surface area contributed by atoms with Crippen molar-refractivity contribution >= 4 is 17.2 Å². The minimum atomic E-state index is -0.123. The molecule has 0 bridgehead atoms. The number of aromatic nitrogens is 2. The number of hydrogen-bond acceptors (Lipinski definition) is 5. The molecule has 17 heavy (non-hydrogen) atoms. The topological polar surface area (TPSA) is 68.0 Å². The fourth-order valence-electron chi connectivity index (χ4n) is 1.49. The van der Waals surface area contributed by atoms with Crippen molar-refractivity contribution in [3.8, 4) is 0 Å². The maximum atomic E-state index is 11.9. The highest BCUT2D eigenvalue weighted by atomic mass is 32.1. The van der Waals surface area contributed by atoms with Crippen LogP contribution >= 0.6 is 11.3 Å². The average molecular weight is 251 g/mol. The van der Waals surface area contributed by atoms with Gasteiger partial charge in [0.05, 0.1) is 22.9 Å². The maximum Gasteiger partial charge on any atom is 0.263 e. The minimum Gasteiger partial charge on any atom is -0.359 e. The highest BCUT2D eigenvalue weighted by Crippen LogP contribution is 2.16. The SMILES string of the molecule is Cc1cc(CNC(=O)c2sc(C)nc2C)on1. The molecule has 0 fully saturated rings. The first-order valence-corrected chi connectivity index (χ1v) is 6.02. The molecule has 1 N–H and O–H groups in total. The monoisotopic (exact) mass is 251 g/mol. The van der Waals surface area contributed by atoms with Gasteiger partial charge in [0.25, 0.3) is 5.91 Å². The second kappa shape index (κ2) is 4.67. The van der Waals surface area contributed by atoms with E-state index >= 15 is 0 Å². The summed E-state index contributed by atoms with van der Waals surface area (Å²) in [7, 11) is 0. The highest BCUT2D eigenvalue weighted by molar-refractivity contribution is 7.13. The van der Waals surface area contributed by atoms with Gasteiger partial charge in [-0.05, 0) is 20.8 Å². The molecule has 0 aliphatic rings. The molecule has 2 aromatic rings. The lowest BCUT2D eigenvalue weighted by atomic mass is 10.3. The number of thiazole rings is 1. The van der Waals surface area contributed by atoms with E-state index in [1.807, 2.05) is 20.8 Å². The predicted molar refractivity (Wildman–Crippen MR) is 64.0 cm³/mol. The van der Waals surface area contributed by atoms with E-state index in [4.69, 9.17) is 4.52 Å². The van der Waals surface area contributed by atoms with Gasteiger partial charge in [-0.15, -0.1) is 11.3 Å². The van der Waals surface area contributed by atoms with E-state index in [0.717, 1.165) is 16.4 Å². The van der Waals surface area contributed by atoms with Crippen molar-refractivity contribution in [3.05, 3.63) is 33.1 Å². The van der Waals surface area contributed by atoms with Gasteiger partial charge >= 0.3 is 0 Å². The van der Waals surface area contributed by atoms with Crippen LogP contribution < -0.4 is 5.32 Å². The molecule has 6 heteroatoms. The van der Waals surface area contributed by atoms with Crippen LogP contribution in [0.5, 0.6) is 0 Å². The smallest absolute Gasteiger partial charge is 0.263 e. The van der Waals surface area contributed by atoms with Crippen molar-refractivity contribution in [1.29, 1.82) is 0 Å². The van der Waals surface area contributed by atoms with E-state index in [2.05, 4.69) is 15.5 Å². The highest BCUT2D eigenvalue weighted by Gasteiger charge is 2.13. The van der Waals surface area contributed by atoms with Crippen molar-refractivity contribution < 1.29 is 9.32 Å². The Morgan fingerprint density at radius 1 is 1.47 bits per heavy atom. The number of nitrogens with zero attached hydrogens (tertiary/aromatic N) is 2. The van der Waals surface area contributed by atoms with Crippen LogP contribution in [0.3, 0.4) is 0 Å². The Hall–Kier alpha value is -1.69. The number of carbonyl (C=O) groups excluding carboxylic acids is 1. The number of amides is 1. The van der Waals surface area contributed by atoms with Crippen molar-refractivity contribution in [3.63, 3.8) is 0 Å². The van der Waals surface area contributed by atoms with Gasteiger partial charge in [0.2, 0.25) is 0 Å². The quantitative estimate of drug-likeness (QED) is 0.905. The summed E-state index contributed by atoms with van der Waals surface area (Å²) < 4.78 is 5.01. The first-order chi connectivity index (χ1) is 8.06. The van der Waals surface area contributed by atoms with E-state index < -0.39 is 0 Å². The molecule has 0 unspecified atom stereocenters. The van der Waals surface area contributed by atoms with Gasteiger partial charge in [-0.2, -0.15) is 0 Å². The number of aryl methyl sites for hydroxylation is 3. The number of hydrogen-bond donors (Lipinski definition) is 1. The fourth-order valence-corrected chi connectivity index (χ4v) is 2.33. The third kappa shape index (κ3) is 2.71. The van der Waals surface area contributed by atoms with E-state index in [9.17, 15) is 4.79 Å². The molecular formula is C11H13N3O2S. The Morgan fingerprint density at radius 3 is 2.76 bits per heavy atom. The number of nitrogens with one attached hydrogen (secondary N) is 1. The molecule has 90 valence electrons. The van der Waals surface area contributed by atoms with Gasteiger partial charge in [-0.25, -0.2) is 4.98 Å². The lowest BCUT2D eigenvalue weighted by Gasteiger charge is -2.00. The summed E-state index contributed by atoms with van der Waals surface area (Å²) in [4.78, 5) is 16.7. The van der Waals surface area contributed by atoms with Crippen molar-refractivity contribution in [2.45, 2.75) is 27.3 Å². The van der Waals surface area contributed by atoms with E-state index in [0.29, 0.717) is 17.2 Å². The van der Waals surface area contributed by atoms with Crippen LogP contribution in [0.25, 0.3) is 0 Å². The molecule has 0 aliphatic heterocycles. The number of carbonyl (C=O) groups is 1. The summed E-state index contributed by atoms with van der Waals surface area (Å²) >= 11 is 1.39. The van der Waals surface area contributed by atoms with Crippen LogP contribution in [0.1, 0.15) is 31.8 Å². The summed E-state index contributed by atoms with van der Waals surface area (Å²) in [6.45, 7) is 5.90. The van der Waals surface area contributed by atoms with E-state index in [1.165, 1.54) is 11.3 Å². The lowest BCUT2D eigenvalue weighted by Crippen LogP contribution is -2.22. The molecule has 0 atom stereocenters. The Labute approximate surface area is 103 Å². The maximum absolute atomic E-state index is 11.9. The molecule has 2 heterocycles. The summed E-state index contributed by atoms with van der Waals surface area (Å²) in [6.07, 6.45) is 0. The van der Waals surface area contributed by atoms with E-state index in [1.54, 1.807) is 6.07 Å². The average Bonchev–Trinajstić information content (AvgIpc) is 2.81. The van der Waals surface area contributed by atoms with Gasteiger partial charge in [-0.1, -0.05) is 5.16 Å². The predicted octanol–water partition coefficient (Wildman–Crippen LogP) is 1.99. The summed E-state index contributed by atoms with van der Waals surface area (Å²) in [5, 5.41) is 7.43. The Kier molecular flexibility index (Phi) is 3.23. The van der Waals surface area contributed by atoms with Crippen LogP contribution in [0.15, 0.2) is 10.6 Å². The third-order valence-electron chi connectivity index (χ3n) is 2.21. The molecule has 0 aliphatic carbocycles. The summed E-state index contributed by atoms with van der Waals surface area (Å²) in [6, 6.07) is 1.80.